The molecule has 7 heteroatoms. The lowest BCUT2D eigenvalue weighted by Crippen LogP contribution is -2.48. The van der Waals surface area contributed by atoms with Crippen LogP contribution in [0.5, 0.6) is 0 Å². The second-order valence-electron chi connectivity index (χ2n) is 6.10. The number of halogens is 2. The number of nitrogens with one attached hydrogen (secondary N) is 2. The van der Waals surface area contributed by atoms with E-state index in [1.54, 1.807) is 6.92 Å². The van der Waals surface area contributed by atoms with Crippen molar-refractivity contribution in [2.45, 2.75) is 38.2 Å². The number of carbonyl (C=O) groups is 2. The van der Waals surface area contributed by atoms with Gasteiger partial charge in [-0.25, -0.2) is 8.78 Å². The Balaban J connectivity index is 1.88. The molecular weight excluding hydrogens is 306 g/mol. The largest absolute Gasteiger partial charge is 0.388 e. The van der Waals surface area contributed by atoms with E-state index < -0.39 is 29.0 Å². The van der Waals surface area contributed by atoms with Crippen LogP contribution in [0.1, 0.15) is 32.6 Å². The van der Waals surface area contributed by atoms with Crippen LogP contribution < -0.4 is 10.6 Å². The minimum absolute atomic E-state index is 0.0597. The fraction of sp³-hybridized carbons (Fsp3) is 0.500. The lowest BCUT2D eigenvalue weighted by atomic mass is 9.88. The molecule has 126 valence electrons. The Labute approximate surface area is 133 Å². The van der Waals surface area contributed by atoms with E-state index in [2.05, 4.69) is 10.6 Å². The number of anilines is 1. The smallest absolute Gasteiger partial charge is 0.313 e. The first-order chi connectivity index (χ1) is 10.8. The van der Waals surface area contributed by atoms with Crippen molar-refractivity contribution in [3.63, 3.8) is 0 Å². The highest BCUT2D eigenvalue weighted by atomic mass is 19.1. The van der Waals surface area contributed by atoms with E-state index in [4.69, 9.17) is 0 Å². The summed E-state index contributed by atoms with van der Waals surface area (Å²) >= 11 is 0. The number of hydrogen-bond acceptors (Lipinski definition) is 3. The molecule has 0 unspecified atom stereocenters. The highest BCUT2D eigenvalue weighted by Gasteiger charge is 2.34. The van der Waals surface area contributed by atoms with E-state index in [9.17, 15) is 23.5 Å². The highest BCUT2D eigenvalue weighted by molar-refractivity contribution is 6.39. The number of rotatable bonds is 4. The molecule has 0 aliphatic heterocycles. The molecule has 2 amide bonds. The Kier molecular flexibility index (Phi) is 5.30. The second kappa shape index (κ2) is 7.04. The molecule has 5 nitrogen and oxygen atoms in total. The van der Waals surface area contributed by atoms with Crippen LogP contribution in [-0.2, 0) is 9.59 Å². The van der Waals surface area contributed by atoms with Crippen molar-refractivity contribution in [1.82, 2.24) is 5.32 Å². The van der Waals surface area contributed by atoms with Gasteiger partial charge in [-0.3, -0.25) is 9.59 Å². The maximum absolute atomic E-state index is 13.4. The first-order valence-corrected chi connectivity index (χ1v) is 7.56. The quantitative estimate of drug-likeness (QED) is 0.740. The van der Waals surface area contributed by atoms with Gasteiger partial charge in [0.05, 0.1) is 11.3 Å². The van der Waals surface area contributed by atoms with Crippen LogP contribution in [0, 0.1) is 17.6 Å². The van der Waals surface area contributed by atoms with Gasteiger partial charge in [0.15, 0.2) is 0 Å². The number of amides is 2. The molecule has 1 fully saturated rings. The fourth-order valence-corrected chi connectivity index (χ4v) is 2.80. The lowest BCUT2D eigenvalue weighted by molar-refractivity contribution is -0.137. The summed E-state index contributed by atoms with van der Waals surface area (Å²) in [5.41, 5.74) is -1.37. The van der Waals surface area contributed by atoms with Crippen molar-refractivity contribution >= 4 is 17.5 Å². The van der Waals surface area contributed by atoms with Gasteiger partial charge in [0.25, 0.3) is 0 Å². The second-order valence-corrected chi connectivity index (χ2v) is 6.10. The molecule has 0 spiro atoms. The molecule has 0 bridgehead atoms. The molecule has 2 rings (SSSR count). The SMILES string of the molecule is C[C@@](O)(CNC(=O)C(=O)Nc1ccc(F)cc1F)C1CCCC1. The number of hydrogen-bond donors (Lipinski definition) is 3. The maximum atomic E-state index is 13.4. The molecule has 1 atom stereocenters. The molecule has 0 aromatic heterocycles. The van der Waals surface area contributed by atoms with Crippen LogP contribution in [-0.4, -0.2) is 29.1 Å². The molecule has 1 aromatic carbocycles. The fourth-order valence-electron chi connectivity index (χ4n) is 2.80. The Morgan fingerprint density at radius 2 is 1.91 bits per heavy atom. The molecule has 0 heterocycles. The summed E-state index contributed by atoms with van der Waals surface area (Å²) in [6, 6.07) is 2.62. The van der Waals surface area contributed by atoms with Gasteiger partial charge in [0.1, 0.15) is 11.6 Å². The topological polar surface area (TPSA) is 78.4 Å². The molecular formula is C16H20F2N2O3. The van der Waals surface area contributed by atoms with E-state index in [-0.39, 0.29) is 18.2 Å². The van der Waals surface area contributed by atoms with Crippen LogP contribution in [0.2, 0.25) is 0 Å². The summed E-state index contributed by atoms with van der Waals surface area (Å²) in [6.07, 6.45) is 3.85. The van der Waals surface area contributed by atoms with Gasteiger partial charge in [-0.2, -0.15) is 0 Å². The van der Waals surface area contributed by atoms with Gasteiger partial charge in [-0.05, 0) is 37.8 Å². The summed E-state index contributed by atoms with van der Waals surface area (Å²) in [6.45, 7) is 1.57. The molecule has 23 heavy (non-hydrogen) atoms. The van der Waals surface area contributed by atoms with Crippen LogP contribution in [0.4, 0.5) is 14.5 Å². The lowest BCUT2D eigenvalue weighted by Gasteiger charge is -2.30. The average Bonchev–Trinajstić information content (AvgIpc) is 3.02. The normalized spacial score (nSPS) is 17.6. The summed E-state index contributed by atoms with van der Waals surface area (Å²) in [5, 5.41) is 14.8. The minimum atomic E-state index is -1.09. The predicted octanol–water partition coefficient (Wildman–Crippen LogP) is 1.96. The summed E-state index contributed by atoms with van der Waals surface area (Å²) < 4.78 is 26.2. The predicted molar refractivity (Wildman–Crippen MR) is 80.6 cm³/mol. The Morgan fingerprint density at radius 1 is 1.26 bits per heavy atom. The van der Waals surface area contributed by atoms with E-state index in [0.717, 1.165) is 37.8 Å². The van der Waals surface area contributed by atoms with Crippen LogP contribution in [0.3, 0.4) is 0 Å². The van der Waals surface area contributed by atoms with Crippen molar-refractivity contribution in [2.75, 3.05) is 11.9 Å². The monoisotopic (exact) mass is 326 g/mol. The van der Waals surface area contributed by atoms with Gasteiger partial charge in [-0.1, -0.05) is 12.8 Å². The van der Waals surface area contributed by atoms with Crippen molar-refractivity contribution in [3.8, 4) is 0 Å². The highest BCUT2D eigenvalue weighted by Crippen LogP contribution is 2.33. The Bertz CT molecular complexity index is 599. The molecule has 1 aromatic rings. The van der Waals surface area contributed by atoms with E-state index >= 15 is 0 Å². The molecule has 0 saturated heterocycles. The molecule has 1 saturated carbocycles. The van der Waals surface area contributed by atoms with Crippen molar-refractivity contribution in [2.24, 2.45) is 5.92 Å². The summed E-state index contributed by atoms with van der Waals surface area (Å²) in [5.74, 6) is -3.72. The summed E-state index contributed by atoms with van der Waals surface area (Å²) in [4.78, 5) is 23.5. The van der Waals surface area contributed by atoms with Crippen LogP contribution >= 0.6 is 0 Å². The zero-order valence-corrected chi connectivity index (χ0v) is 12.9. The zero-order chi connectivity index (χ0) is 17.0. The molecule has 0 radical (unpaired) electrons. The standard InChI is InChI=1S/C16H20F2N2O3/c1-16(23,10-4-2-3-5-10)9-19-14(21)15(22)20-13-7-6-11(17)8-12(13)18/h6-8,10,23H,2-5,9H2,1H3,(H,19,21)(H,20,22)/t16-/m1/s1. The van der Waals surface area contributed by atoms with Crippen LogP contribution in [0.15, 0.2) is 18.2 Å². The molecule has 3 N–H and O–H groups in total. The third-order valence-corrected chi connectivity index (χ3v) is 4.23. The van der Waals surface area contributed by atoms with E-state index in [1.807, 2.05) is 0 Å². The van der Waals surface area contributed by atoms with Crippen LogP contribution in [0.25, 0.3) is 0 Å². The molecule has 1 aliphatic rings. The van der Waals surface area contributed by atoms with Gasteiger partial charge >= 0.3 is 11.8 Å². The first kappa shape index (κ1) is 17.3. The Morgan fingerprint density at radius 3 is 2.52 bits per heavy atom. The van der Waals surface area contributed by atoms with Crippen molar-refractivity contribution < 1.29 is 23.5 Å². The third-order valence-electron chi connectivity index (χ3n) is 4.23. The van der Waals surface area contributed by atoms with Crippen molar-refractivity contribution in [1.29, 1.82) is 0 Å². The van der Waals surface area contributed by atoms with Gasteiger partial charge in [0, 0.05) is 12.6 Å². The zero-order valence-electron chi connectivity index (χ0n) is 12.9. The van der Waals surface area contributed by atoms with Gasteiger partial charge in [0.2, 0.25) is 0 Å². The van der Waals surface area contributed by atoms with Gasteiger partial charge < -0.3 is 15.7 Å². The number of carbonyl (C=O) groups excluding carboxylic acids is 2. The van der Waals surface area contributed by atoms with Crippen molar-refractivity contribution in [3.05, 3.63) is 29.8 Å². The third kappa shape index (κ3) is 4.48. The Hall–Kier alpha value is -2.02. The average molecular weight is 326 g/mol. The molecule has 1 aliphatic carbocycles. The van der Waals surface area contributed by atoms with Gasteiger partial charge in [-0.15, -0.1) is 0 Å². The minimum Gasteiger partial charge on any atom is -0.388 e. The number of aliphatic hydroxyl groups is 1. The van der Waals surface area contributed by atoms with E-state index in [0.29, 0.717) is 6.07 Å². The number of benzene rings is 1. The van der Waals surface area contributed by atoms with E-state index in [1.165, 1.54) is 0 Å². The first-order valence-electron chi connectivity index (χ1n) is 7.56. The summed E-state index contributed by atoms with van der Waals surface area (Å²) in [7, 11) is 0. The maximum Gasteiger partial charge on any atom is 0.313 e.